The first-order chi connectivity index (χ1) is 12.2. The third-order valence-corrected chi connectivity index (χ3v) is 6.03. The predicted octanol–water partition coefficient (Wildman–Crippen LogP) is 3.60. The van der Waals surface area contributed by atoms with E-state index in [9.17, 15) is 4.79 Å². The fourth-order valence-electron chi connectivity index (χ4n) is 2.68. The normalized spacial score (nSPS) is 15.8. The molecule has 0 unspecified atom stereocenters. The second kappa shape index (κ2) is 8.56. The van der Waals surface area contributed by atoms with Crippen molar-refractivity contribution in [2.75, 3.05) is 33.0 Å². The summed E-state index contributed by atoms with van der Waals surface area (Å²) in [7, 11) is 4.05. The van der Waals surface area contributed by atoms with E-state index >= 15 is 0 Å². The molecule has 0 bridgehead atoms. The largest absolute Gasteiger partial charge is 0.486 e. The third-order valence-electron chi connectivity index (χ3n) is 3.98. The molecule has 1 aromatic heterocycles. The van der Waals surface area contributed by atoms with Crippen LogP contribution in [0.1, 0.15) is 16.5 Å². The first-order valence-electron chi connectivity index (χ1n) is 8.20. The van der Waals surface area contributed by atoms with Gasteiger partial charge in [0.25, 0.3) is 5.91 Å². The number of rotatable bonds is 6. The number of thiophene rings is 1. The molecule has 1 aliphatic heterocycles. The van der Waals surface area contributed by atoms with Crippen molar-refractivity contribution < 1.29 is 9.53 Å². The van der Waals surface area contributed by atoms with Crippen molar-refractivity contribution in [1.29, 1.82) is 0 Å². The van der Waals surface area contributed by atoms with E-state index in [-0.39, 0.29) is 11.9 Å². The number of nitrogens with zero attached hydrogens (tertiary/aromatic N) is 1. The molecule has 0 saturated heterocycles. The molecule has 0 radical (unpaired) electrons. The summed E-state index contributed by atoms with van der Waals surface area (Å²) in [4.78, 5) is 17.0. The monoisotopic (exact) mass is 374 g/mol. The van der Waals surface area contributed by atoms with Gasteiger partial charge in [-0.05, 0) is 31.1 Å². The van der Waals surface area contributed by atoms with E-state index in [1.54, 1.807) is 23.1 Å². The van der Waals surface area contributed by atoms with Crippen LogP contribution in [0.5, 0.6) is 0 Å². The zero-order valence-electron chi connectivity index (χ0n) is 14.4. The Morgan fingerprint density at radius 1 is 1.24 bits per heavy atom. The SMILES string of the molecule is CN(C)[C@H](CNC(=O)C1=C(c2ccccc2)SCCO1)c1cccs1. The quantitative estimate of drug-likeness (QED) is 0.839. The molecule has 3 rings (SSSR count). The van der Waals surface area contributed by atoms with Gasteiger partial charge in [-0.1, -0.05) is 36.4 Å². The highest BCUT2D eigenvalue weighted by molar-refractivity contribution is 8.08. The fourth-order valence-corrected chi connectivity index (χ4v) is 4.56. The van der Waals surface area contributed by atoms with E-state index in [0.29, 0.717) is 18.9 Å². The average Bonchev–Trinajstić information content (AvgIpc) is 3.16. The predicted molar refractivity (Wildman–Crippen MR) is 106 cm³/mol. The van der Waals surface area contributed by atoms with Crippen molar-refractivity contribution in [2.24, 2.45) is 0 Å². The van der Waals surface area contributed by atoms with Gasteiger partial charge in [0.2, 0.25) is 0 Å². The van der Waals surface area contributed by atoms with Crippen LogP contribution in [0.3, 0.4) is 0 Å². The van der Waals surface area contributed by atoms with Crippen LogP contribution in [-0.2, 0) is 9.53 Å². The summed E-state index contributed by atoms with van der Waals surface area (Å²) in [5.74, 6) is 1.15. The Kier molecular flexibility index (Phi) is 6.18. The Bertz CT molecular complexity index is 727. The highest BCUT2D eigenvalue weighted by Crippen LogP contribution is 2.34. The van der Waals surface area contributed by atoms with Crippen LogP contribution in [0.15, 0.2) is 53.6 Å². The van der Waals surface area contributed by atoms with Gasteiger partial charge in [-0.25, -0.2) is 0 Å². The molecule has 1 N–H and O–H groups in total. The van der Waals surface area contributed by atoms with Crippen molar-refractivity contribution in [3.05, 3.63) is 64.0 Å². The van der Waals surface area contributed by atoms with Gasteiger partial charge in [-0.3, -0.25) is 4.79 Å². The van der Waals surface area contributed by atoms with Gasteiger partial charge in [-0.15, -0.1) is 23.1 Å². The van der Waals surface area contributed by atoms with Crippen molar-refractivity contribution in [2.45, 2.75) is 6.04 Å². The van der Waals surface area contributed by atoms with Crippen LogP contribution >= 0.6 is 23.1 Å². The van der Waals surface area contributed by atoms with Crippen molar-refractivity contribution in [3.63, 3.8) is 0 Å². The molecule has 1 aromatic carbocycles. The van der Waals surface area contributed by atoms with E-state index in [1.165, 1.54) is 4.88 Å². The van der Waals surface area contributed by atoms with Crippen LogP contribution < -0.4 is 5.32 Å². The number of nitrogens with one attached hydrogen (secondary N) is 1. The summed E-state index contributed by atoms with van der Waals surface area (Å²) in [6.45, 7) is 1.11. The standard InChI is InChI=1S/C19H22N2O2S2/c1-21(2)15(16-9-6-11-24-16)13-20-19(22)17-18(25-12-10-23-17)14-7-4-3-5-8-14/h3-9,11,15H,10,12-13H2,1-2H3,(H,20,22)/t15-/m1/s1. The molecule has 2 aromatic rings. The molecule has 4 nitrogen and oxygen atoms in total. The summed E-state index contributed by atoms with van der Waals surface area (Å²) >= 11 is 3.38. The van der Waals surface area contributed by atoms with E-state index in [2.05, 4.69) is 21.7 Å². The van der Waals surface area contributed by atoms with Gasteiger partial charge in [0.05, 0.1) is 17.6 Å². The van der Waals surface area contributed by atoms with E-state index in [1.807, 2.05) is 50.5 Å². The van der Waals surface area contributed by atoms with Gasteiger partial charge >= 0.3 is 0 Å². The number of amides is 1. The minimum Gasteiger partial charge on any atom is -0.486 e. The second-order valence-corrected chi connectivity index (χ2v) is 8.01. The van der Waals surface area contributed by atoms with Crippen LogP contribution in [-0.4, -0.2) is 43.8 Å². The first kappa shape index (κ1) is 18.0. The molecule has 0 aliphatic carbocycles. The molecule has 1 atom stereocenters. The lowest BCUT2D eigenvalue weighted by atomic mass is 10.2. The molecule has 0 fully saturated rings. The van der Waals surface area contributed by atoms with Crippen LogP contribution in [0.4, 0.5) is 0 Å². The smallest absolute Gasteiger partial charge is 0.287 e. The molecule has 1 amide bonds. The minimum atomic E-state index is -0.144. The molecule has 1 aliphatic rings. The lowest BCUT2D eigenvalue weighted by Gasteiger charge is -2.25. The zero-order chi connectivity index (χ0) is 17.6. The van der Waals surface area contributed by atoms with E-state index < -0.39 is 0 Å². The summed E-state index contributed by atoms with van der Waals surface area (Å²) in [6.07, 6.45) is 0. The Balaban J connectivity index is 1.75. The van der Waals surface area contributed by atoms with Gasteiger partial charge in [0.15, 0.2) is 5.76 Å². The molecule has 2 heterocycles. The number of hydrogen-bond acceptors (Lipinski definition) is 5. The molecule has 6 heteroatoms. The number of benzene rings is 1. The third kappa shape index (κ3) is 4.45. The topological polar surface area (TPSA) is 41.6 Å². The number of likely N-dealkylation sites (N-methyl/N-ethyl adjacent to an activating group) is 1. The van der Waals surface area contributed by atoms with Crippen LogP contribution in [0.2, 0.25) is 0 Å². The summed E-state index contributed by atoms with van der Waals surface area (Å²) in [5.41, 5.74) is 1.03. The zero-order valence-corrected chi connectivity index (χ0v) is 16.0. The summed E-state index contributed by atoms with van der Waals surface area (Å²) in [5, 5.41) is 5.11. The minimum absolute atomic E-state index is 0.144. The summed E-state index contributed by atoms with van der Waals surface area (Å²) < 4.78 is 5.73. The highest BCUT2D eigenvalue weighted by Gasteiger charge is 2.24. The highest BCUT2D eigenvalue weighted by atomic mass is 32.2. The Labute approximate surface area is 156 Å². The summed E-state index contributed by atoms with van der Waals surface area (Å²) in [6, 6.07) is 14.2. The van der Waals surface area contributed by atoms with Gasteiger partial charge in [0.1, 0.15) is 0 Å². The second-order valence-electron chi connectivity index (χ2n) is 5.93. The van der Waals surface area contributed by atoms with Crippen LogP contribution in [0.25, 0.3) is 4.91 Å². The maximum Gasteiger partial charge on any atom is 0.287 e. The molecular weight excluding hydrogens is 352 g/mol. The fraction of sp³-hybridized carbons (Fsp3) is 0.316. The van der Waals surface area contributed by atoms with Gasteiger partial charge in [0, 0.05) is 17.2 Å². The van der Waals surface area contributed by atoms with Gasteiger partial charge < -0.3 is 15.0 Å². The number of carbonyl (C=O) groups excluding carboxylic acids is 1. The van der Waals surface area contributed by atoms with E-state index in [4.69, 9.17) is 4.74 Å². The first-order valence-corrected chi connectivity index (χ1v) is 10.1. The van der Waals surface area contributed by atoms with Gasteiger partial charge in [-0.2, -0.15) is 0 Å². The average molecular weight is 375 g/mol. The molecule has 25 heavy (non-hydrogen) atoms. The van der Waals surface area contributed by atoms with Crippen molar-refractivity contribution in [3.8, 4) is 0 Å². The Morgan fingerprint density at radius 2 is 2.04 bits per heavy atom. The molecular formula is C19H22N2O2S2. The number of thioether (sulfide) groups is 1. The lowest BCUT2D eigenvalue weighted by Crippen LogP contribution is -2.36. The molecule has 132 valence electrons. The van der Waals surface area contributed by atoms with Crippen LogP contribution in [0, 0.1) is 0 Å². The number of hydrogen-bond donors (Lipinski definition) is 1. The number of ether oxygens (including phenoxy) is 1. The maximum absolute atomic E-state index is 12.8. The van der Waals surface area contributed by atoms with Crippen molar-refractivity contribution in [1.82, 2.24) is 10.2 Å². The molecule has 0 spiro atoms. The number of carbonyl (C=O) groups is 1. The molecule has 0 saturated carbocycles. The Hall–Kier alpha value is -1.76. The maximum atomic E-state index is 12.8. The van der Waals surface area contributed by atoms with E-state index in [0.717, 1.165) is 16.2 Å². The van der Waals surface area contributed by atoms with Crippen molar-refractivity contribution >= 4 is 33.9 Å². The lowest BCUT2D eigenvalue weighted by molar-refractivity contribution is -0.120. The Morgan fingerprint density at radius 3 is 2.72 bits per heavy atom.